The first-order valence-corrected chi connectivity index (χ1v) is 4.20. The lowest BCUT2D eigenvalue weighted by Gasteiger charge is -2.31. The lowest BCUT2D eigenvalue weighted by atomic mass is 9.84. The predicted molar refractivity (Wildman–Crippen MR) is 40.5 cm³/mol. The predicted octanol–water partition coefficient (Wildman–Crippen LogP) is 1.41. The zero-order chi connectivity index (χ0) is 11.1. The van der Waals surface area contributed by atoms with Crippen molar-refractivity contribution in [3.05, 3.63) is 0 Å². The maximum Gasteiger partial charge on any atom is 0.417 e. The number of halogens is 3. The van der Waals surface area contributed by atoms with Gasteiger partial charge in [-0.3, -0.25) is 4.79 Å². The van der Waals surface area contributed by atoms with Crippen LogP contribution >= 0.6 is 0 Å². The molecule has 0 aromatic carbocycles. The van der Waals surface area contributed by atoms with E-state index in [1.54, 1.807) is 0 Å². The van der Waals surface area contributed by atoms with Crippen molar-refractivity contribution in [2.24, 2.45) is 11.8 Å². The van der Waals surface area contributed by atoms with Gasteiger partial charge in [0, 0.05) is 0 Å². The monoisotopic (exact) mass is 212 g/mol. The Labute approximate surface area is 78.5 Å². The molecule has 14 heavy (non-hydrogen) atoms. The summed E-state index contributed by atoms with van der Waals surface area (Å²) in [6, 6.07) is 0. The number of carboxylic acids is 1. The number of alkyl halides is 3. The van der Waals surface area contributed by atoms with E-state index in [0.717, 1.165) is 0 Å². The molecule has 1 rings (SSSR count). The number of carbonyl (C=O) groups is 1. The second-order valence-electron chi connectivity index (χ2n) is 3.80. The number of rotatable bonds is 3. The molecule has 0 heterocycles. The molecule has 0 spiro atoms. The number of aliphatic hydroxyl groups is 1. The van der Waals surface area contributed by atoms with Crippen molar-refractivity contribution in [2.75, 3.05) is 0 Å². The molecule has 0 aliphatic heterocycles. The van der Waals surface area contributed by atoms with Crippen molar-refractivity contribution < 1.29 is 28.2 Å². The van der Waals surface area contributed by atoms with E-state index in [1.165, 1.54) is 0 Å². The van der Waals surface area contributed by atoms with E-state index in [1.807, 2.05) is 0 Å². The highest BCUT2D eigenvalue weighted by molar-refractivity contribution is 5.72. The summed E-state index contributed by atoms with van der Waals surface area (Å²) in [4.78, 5) is 10.6. The Balaban J connectivity index is 2.91. The molecule has 1 aliphatic rings. The number of aliphatic carboxylic acids is 1. The Hall–Kier alpha value is -0.780. The van der Waals surface area contributed by atoms with Crippen LogP contribution in [0.3, 0.4) is 0 Å². The quantitative estimate of drug-likeness (QED) is 0.743. The van der Waals surface area contributed by atoms with Crippen molar-refractivity contribution in [1.82, 2.24) is 0 Å². The van der Waals surface area contributed by atoms with Gasteiger partial charge in [0.05, 0.1) is 5.92 Å². The Morgan fingerprint density at radius 2 is 1.86 bits per heavy atom. The summed E-state index contributed by atoms with van der Waals surface area (Å²) in [6.45, 7) is 0.518. The van der Waals surface area contributed by atoms with Crippen LogP contribution in [-0.2, 0) is 4.79 Å². The van der Waals surface area contributed by atoms with Crippen LogP contribution < -0.4 is 0 Å². The van der Waals surface area contributed by atoms with Gasteiger partial charge in [0.2, 0.25) is 0 Å². The van der Waals surface area contributed by atoms with Crippen molar-refractivity contribution >= 4 is 5.97 Å². The maximum absolute atomic E-state index is 12.3. The fraction of sp³-hybridized carbons (Fsp3) is 0.875. The van der Waals surface area contributed by atoms with Gasteiger partial charge in [-0.05, 0) is 25.7 Å². The summed E-state index contributed by atoms with van der Waals surface area (Å²) >= 11 is 0. The summed E-state index contributed by atoms with van der Waals surface area (Å²) in [5.74, 6) is -3.89. The minimum absolute atomic E-state index is 0.434. The average Bonchev–Trinajstić information content (AvgIpc) is 2.66. The lowest BCUT2D eigenvalue weighted by Crippen LogP contribution is -2.52. The van der Waals surface area contributed by atoms with Gasteiger partial charge in [-0.2, -0.15) is 13.2 Å². The Kier molecular flexibility index (Phi) is 2.51. The first-order valence-electron chi connectivity index (χ1n) is 4.20. The van der Waals surface area contributed by atoms with Crippen molar-refractivity contribution in [3.8, 4) is 0 Å². The van der Waals surface area contributed by atoms with Crippen LogP contribution in [0.1, 0.15) is 19.8 Å². The standard InChI is InChI=1S/C8H11F3O3/c1-7(14,8(9,10)11)5(6(12)13)4-2-3-4/h4-5,14H,2-3H2,1H3,(H,12,13). The fourth-order valence-electron chi connectivity index (χ4n) is 1.51. The zero-order valence-corrected chi connectivity index (χ0v) is 7.51. The van der Waals surface area contributed by atoms with E-state index in [2.05, 4.69) is 0 Å². The molecule has 0 aromatic heterocycles. The van der Waals surface area contributed by atoms with Crippen LogP contribution in [-0.4, -0.2) is 28.0 Å². The van der Waals surface area contributed by atoms with Crippen molar-refractivity contribution in [2.45, 2.75) is 31.5 Å². The molecule has 2 unspecified atom stereocenters. The molecular formula is C8H11F3O3. The third kappa shape index (κ3) is 1.84. The molecule has 0 saturated heterocycles. The van der Waals surface area contributed by atoms with E-state index in [9.17, 15) is 23.1 Å². The Bertz CT molecular complexity index is 243. The first-order chi connectivity index (χ1) is 6.18. The number of hydrogen-bond donors (Lipinski definition) is 2. The Morgan fingerprint density at radius 1 is 1.43 bits per heavy atom. The van der Waals surface area contributed by atoms with Gasteiger partial charge < -0.3 is 10.2 Å². The Morgan fingerprint density at radius 3 is 2.07 bits per heavy atom. The van der Waals surface area contributed by atoms with E-state index in [-0.39, 0.29) is 0 Å². The van der Waals surface area contributed by atoms with Crippen LogP contribution in [0.15, 0.2) is 0 Å². The van der Waals surface area contributed by atoms with Gasteiger partial charge in [-0.15, -0.1) is 0 Å². The topological polar surface area (TPSA) is 57.5 Å². The van der Waals surface area contributed by atoms with Crippen molar-refractivity contribution in [1.29, 1.82) is 0 Å². The third-order valence-corrected chi connectivity index (χ3v) is 2.54. The van der Waals surface area contributed by atoms with Gasteiger partial charge in [-0.1, -0.05) is 0 Å². The van der Waals surface area contributed by atoms with E-state index in [4.69, 9.17) is 5.11 Å². The van der Waals surface area contributed by atoms with E-state index >= 15 is 0 Å². The SMILES string of the molecule is CC(O)(C(C(=O)O)C1CC1)C(F)(F)F. The van der Waals surface area contributed by atoms with Crippen LogP contribution in [0.5, 0.6) is 0 Å². The van der Waals surface area contributed by atoms with E-state index in [0.29, 0.717) is 19.8 Å². The van der Waals surface area contributed by atoms with Crippen LogP contribution in [0, 0.1) is 11.8 Å². The molecule has 0 aromatic rings. The number of hydrogen-bond acceptors (Lipinski definition) is 2. The third-order valence-electron chi connectivity index (χ3n) is 2.54. The molecular weight excluding hydrogens is 201 g/mol. The molecule has 6 heteroatoms. The minimum Gasteiger partial charge on any atom is -0.481 e. The lowest BCUT2D eigenvalue weighted by molar-refractivity contribution is -0.274. The molecule has 3 nitrogen and oxygen atoms in total. The fourth-order valence-corrected chi connectivity index (χ4v) is 1.51. The summed E-state index contributed by atoms with van der Waals surface area (Å²) in [5.41, 5.74) is -3.14. The molecule has 1 aliphatic carbocycles. The normalized spacial score (nSPS) is 24.1. The second-order valence-corrected chi connectivity index (χ2v) is 3.80. The molecule has 2 atom stereocenters. The molecule has 0 radical (unpaired) electrons. The average molecular weight is 212 g/mol. The minimum atomic E-state index is -4.90. The number of carboxylic acid groups (broad SMARTS) is 1. The van der Waals surface area contributed by atoms with Crippen molar-refractivity contribution in [3.63, 3.8) is 0 Å². The second kappa shape index (κ2) is 3.12. The highest BCUT2D eigenvalue weighted by Crippen LogP contribution is 2.47. The summed E-state index contributed by atoms with van der Waals surface area (Å²) in [7, 11) is 0. The van der Waals surface area contributed by atoms with Gasteiger partial charge in [0.1, 0.15) is 0 Å². The summed E-state index contributed by atoms with van der Waals surface area (Å²) < 4.78 is 37.0. The first kappa shape index (κ1) is 11.3. The van der Waals surface area contributed by atoms with Gasteiger partial charge in [-0.25, -0.2) is 0 Å². The van der Waals surface area contributed by atoms with Crippen LogP contribution in [0.4, 0.5) is 13.2 Å². The molecule has 0 amide bonds. The van der Waals surface area contributed by atoms with Gasteiger partial charge in [0.15, 0.2) is 5.60 Å². The zero-order valence-electron chi connectivity index (χ0n) is 7.51. The van der Waals surface area contributed by atoms with Gasteiger partial charge >= 0.3 is 12.1 Å². The molecule has 82 valence electrons. The smallest absolute Gasteiger partial charge is 0.417 e. The van der Waals surface area contributed by atoms with Crippen LogP contribution in [0.25, 0.3) is 0 Å². The highest BCUT2D eigenvalue weighted by Gasteiger charge is 2.61. The summed E-state index contributed by atoms with van der Waals surface area (Å²) in [6.07, 6.45) is -4.04. The van der Waals surface area contributed by atoms with Gasteiger partial charge in [0.25, 0.3) is 0 Å². The molecule has 2 N–H and O–H groups in total. The molecule has 1 saturated carbocycles. The maximum atomic E-state index is 12.3. The van der Waals surface area contributed by atoms with Crippen LogP contribution in [0.2, 0.25) is 0 Å². The highest BCUT2D eigenvalue weighted by atomic mass is 19.4. The molecule has 1 fully saturated rings. The summed E-state index contributed by atoms with van der Waals surface area (Å²) in [5, 5.41) is 17.8. The largest absolute Gasteiger partial charge is 0.481 e. The van der Waals surface area contributed by atoms with E-state index < -0.39 is 29.6 Å². The molecule has 0 bridgehead atoms.